The molecule has 2 aliphatic carbocycles. The molecule has 2 N–H and O–H groups in total. The lowest BCUT2D eigenvalue weighted by Gasteiger charge is -2.18. The van der Waals surface area contributed by atoms with Gasteiger partial charge in [0, 0.05) is 45.6 Å². The number of carbonyl (C=O) groups is 1. The molecule has 2 fully saturated rings. The van der Waals surface area contributed by atoms with E-state index in [2.05, 4.69) is 64.2 Å². The molecule has 1 aliphatic heterocycles. The van der Waals surface area contributed by atoms with Gasteiger partial charge in [0.15, 0.2) is 5.96 Å². The first-order chi connectivity index (χ1) is 15.2. The van der Waals surface area contributed by atoms with E-state index in [0.717, 1.165) is 56.3 Å². The van der Waals surface area contributed by atoms with Crippen molar-refractivity contribution in [2.24, 2.45) is 22.7 Å². The van der Waals surface area contributed by atoms with E-state index in [9.17, 15) is 4.79 Å². The summed E-state index contributed by atoms with van der Waals surface area (Å²) in [5.74, 6) is 3.72. The van der Waals surface area contributed by atoms with Crippen LogP contribution in [0, 0.1) is 17.8 Å². The van der Waals surface area contributed by atoms with Crippen molar-refractivity contribution >= 4 is 35.8 Å². The number of benzene rings is 2. The third-order valence-electron chi connectivity index (χ3n) is 7.30. The topological polar surface area (TPSA) is 56.7 Å². The number of carbonyl (C=O) groups excluding carboxylic acids is 1. The molecule has 5 nitrogen and oxygen atoms in total. The quantitative estimate of drug-likeness (QED) is 0.319. The zero-order chi connectivity index (χ0) is 21.2. The Hall–Kier alpha value is -2.09. The van der Waals surface area contributed by atoms with Gasteiger partial charge in [0.25, 0.3) is 0 Å². The maximum atomic E-state index is 12.4. The van der Waals surface area contributed by atoms with Crippen LogP contribution in [0.2, 0.25) is 0 Å². The number of nitrogens with one attached hydrogen (secondary N) is 2. The Morgan fingerprint density at radius 1 is 1.03 bits per heavy atom. The van der Waals surface area contributed by atoms with E-state index in [0.29, 0.717) is 12.3 Å². The number of fused-ring (bicyclic) bond motifs is 3. The maximum Gasteiger partial charge on any atom is 0.223 e. The number of hydrogen-bond donors (Lipinski definition) is 2. The molecule has 32 heavy (non-hydrogen) atoms. The van der Waals surface area contributed by atoms with Gasteiger partial charge < -0.3 is 15.5 Å². The summed E-state index contributed by atoms with van der Waals surface area (Å²) in [6, 6.07) is 19.3. The zero-order valence-corrected chi connectivity index (χ0v) is 21.0. The van der Waals surface area contributed by atoms with Crippen molar-refractivity contribution in [2.75, 3.05) is 33.2 Å². The molecule has 0 radical (unpaired) electrons. The van der Waals surface area contributed by atoms with Gasteiger partial charge in [0.05, 0.1) is 0 Å². The summed E-state index contributed by atoms with van der Waals surface area (Å²) in [4.78, 5) is 18.8. The fourth-order valence-electron chi connectivity index (χ4n) is 5.55. The van der Waals surface area contributed by atoms with Crippen LogP contribution in [-0.2, 0) is 17.6 Å². The van der Waals surface area contributed by atoms with Gasteiger partial charge in [-0.3, -0.25) is 9.79 Å². The lowest BCUT2D eigenvalue weighted by atomic mass is 10.0. The fraction of sp³-hybridized carbons (Fsp3) is 0.462. The first-order valence-corrected chi connectivity index (χ1v) is 11.6. The molecule has 1 heterocycles. The second kappa shape index (κ2) is 10.2. The highest BCUT2D eigenvalue weighted by Gasteiger charge is 2.54. The highest BCUT2D eigenvalue weighted by molar-refractivity contribution is 14.0. The summed E-state index contributed by atoms with van der Waals surface area (Å²) in [6.45, 7) is 3.39. The van der Waals surface area contributed by atoms with Crippen LogP contribution in [0.25, 0.3) is 0 Å². The molecule has 170 valence electrons. The average Bonchev–Trinajstić information content (AvgIpc) is 3.14. The van der Waals surface area contributed by atoms with Gasteiger partial charge in [-0.25, -0.2) is 0 Å². The summed E-state index contributed by atoms with van der Waals surface area (Å²) in [5, 5.41) is 6.98. The van der Waals surface area contributed by atoms with Crippen LogP contribution in [0.5, 0.6) is 0 Å². The summed E-state index contributed by atoms with van der Waals surface area (Å²) in [7, 11) is 1.82. The first kappa shape index (κ1) is 23.1. The van der Waals surface area contributed by atoms with Crippen molar-refractivity contribution < 1.29 is 4.79 Å². The van der Waals surface area contributed by atoms with E-state index in [1.807, 2.05) is 18.0 Å². The summed E-state index contributed by atoms with van der Waals surface area (Å²) >= 11 is 0. The predicted octanol–water partition coefficient (Wildman–Crippen LogP) is 3.45. The molecular weight excluding hydrogens is 511 g/mol. The highest BCUT2D eigenvalue weighted by atomic mass is 127. The number of nitrogens with zero attached hydrogens (tertiary/aromatic N) is 2. The van der Waals surface area contributed by atoms with Crippen molar-refractivity contribution in [3.05, 3.63) is 71.3 Å². The number of likely N-dealkylation sites (tertiary alicyclic amines) is 1. The Labute approximate surface area is 208 Å². The van der Waals surface area contributed by atoms with Gasteiger partial charge >= 0.3 is 0 Å². The Morgan fingerprint density at radius 3 is 2.59 bits per heavy atom. The molecule has 4 atom stereocenters. The second-order valence-electron chi connectivity index (χ2n) is 9.24. The molecular formula is C26H33IN4O. The van der Waals surface area contributed by atoms with Gasteiger partial charge in [0.2, 0.25) is 5.91 Å². The number of guanidine groups is 1. The van der Waals surface area contributed by atoms with Gasteiger partial charge in [-0.05, 0) is 47.3 Å². The van der Waals surface area contributed by atoms with Crippen molar-refractivity contribution in [3.63, 3.8) is 0 Å². The number of rotatable bonds is 7. The lowest BCUT2D eigenvalue weighted by molar-refractivity contribution is -0.127. The van der Waals surface area contributed by atoms with Crippen LogP contribution in [0.1, 0.15) is 29.0 Å². The number of aliphatic imine (C=N–C) groups is 1. The van der Waals surface area contributed by atoms with Crippen LogP contribution >= 0.6 is 24.0 Å². The molecule has 2 aromatic carbocycles. The minimum atomic E-state index is 0. The van der Waals surface area contributed by atoms with E-state index in [-0.39, 0.29) is 29.9 Å². The maximum absolute atomic E-state index is 12.4. The summed E-state index contributed by atoms with van der Waals surface area (Å²) in [5.41, 5.74) is 4.38. The van der Waals surface area contributed by atoms with Crippen LogP contribution in [0.4, 0.5) is 0 Å². The van der Waals surface area contributed by atoms with Crippen LogP contribution < -0.4 is 10.6 Å². The van der Waals surface area contributed by atoms with Crippen LogP contribution in [0.3, 0.4) is 0 Å². The zero-order valence-electron chi connectivity index (χ0n) is 18.7. The molecule has 1 amide bonds. The molecule has 5 rings (SSSR count). The van der Waals surface area contributed by atoms with Gasteiger partial charge in [-0.2, -0.15) is 0 Å². The smallest absolute Gasteiger partial charge is 0.223 e. The van der Waals surface area contributed by atoms with Crippen LogP contribution in [-0.4, -0.2) is 50.0 Å². The van der Waals surface area contributed by atoms with Gasteiger partial charge in [-0.1, -0.05) is 54.6 Å². The van der Waals surface area contributed by atoms with Crippen molar-refractivity contribution in [1.29, 1.82) is 0 Å². The molecule has 6 heteroatoms. The van der Waals surface area contributed by atoms with E-state index in [1.54, 1.807) is 11.1 Å². The first-order valence-electron chi connectivity index (χ1n) is 11.6. The Kier molecular flexibility index (Phi) is 7.38. The lowest BCUT2D eigenvalue weighted by Crippen LogP contribution is -2.41. The molecule has 1 saturated carbocycles. The predicted molar refractivity (Wildman–Crippen MR) is 139 cm³/mol. The average molecular weight is 544 g/mol. The molecule has 0 spiro atoms. The minimum Gasteiger partial charge on any atom is -0.356 e. The van der Waals surface area contributed by atoms with E-state index in [4.69, 9.17) is 0 Å². The SMILES string of the molecule is CN=C(NCC1CC(=O)N(CCc2ccccc2)C1)NCC1C2Cc3ccccc3C12.I. The van der Waals surface area contributed by atoms with Crippen molar-refractivity contribution in [2.45, 2.75) is 25.2 Å². The van der Waals surface area contributed by atoms with E-state index < -0.39 is 0 Å². The van der Waals surface area contributed by atoms with Gasteiger partial charge in [0.1, 0.15) is 0 Å². The van der Waals surface area contributed by atoms with E-state index >= 15 is 0 Å². The standard InChI is InChI=1S/C26H32N4O.HI/c1-27-26(29-16-23-22-14-20-9-5-6-10-21(20)25(22)23)28-15-19-13-24(31)30(17-19)12-11-18-7-3-2-4-8-18;/h2-10,19,22-23,25H,11-17H2,1H3,(H2,27,28,29);1H. The molecule has 1 saturated heterocycles. The molecule has 0 bridgehead atoms. The summed E-state index contributed by atoms with van der Waals surface area (Å²) < 4.78 is 0. The molecule has 4 unspecified atom stereocenters. The third-order valence-corrected chi connectivity index (χ3v) is 7.30. The minimum absolute atomic E-state index is 0. The Balaban J connectivity index is 0.00000245. The molecule has 0 aromatic heterocycles. The molecule has 3 aliphatic rings. The van der Waals surface area contributed by atoms with Crippen molar-refractivity contribution in [3.8, 4) is 0 Å². The number of amides is 1. The number of hydrogen-bond acceptors (Lipinski definition) is 2. The fourth-order valence-corrected chi connectivity index (χ4v) is 5.55. The second-order valence-corrected chi connectivity index (χ2v) is 9.24. The summed E-state index contributed by atoms with van der Waals surface area (Å²) in [6.07, 6.45) is 2.77. The van der Waals surface area contributed by atoms with Crippen LogP contribution in [0.15, 0.2) is 59.6 Å². The van der Waals surface area contributed by atoms with E-state index in [1.165, 1.54) is 12.0 Å². The Morgan fingerprint density at radius 2 is 1.78 bits per heavy atom. The number of halogens is 1. The van der Waals surface area contributed by atoms with Crippen molar-refractivity contribution in [1.82, 2.24) is 15.5 Å². The normalized spacial score (nSPS) is 25.7. The largest absolute Gasteiger partial charge is 0.356 e. The highest BCUT2D eigenvalue weighted by Crippen LogP contribution is 2.60. The monoisotopic (exact) mass is 544 g/mol. The van der Waals surface area contributed by atoms with Gasteiger partial charge in [-0.15, -0.1) is 24.0 Å². The molecule has 2 aromatic rings. The Bertz CT molecular complexity index is 963. The third kappa shape index (κ3) is 4.95.